The molecule has 0 saturated heterocycles. The van der Waals surface area contributed by atoms with Crippen molar-refractivity contribution >= 4 is 12.2 Å². The Morgan fingerprint density at radius 3 is 2.67 bits per heavy atom. The van der Waals surface area contributed by atoms with Gasteiger partial charge in [-0.05, 0) is 17.7 Å². The molecule has 1 rings (SSSR count). The van der Waals surface area contributed by atoms with Crippen molar-refractivity contribution in [2.24, 2.45) is 11.1 Å². The van der Waals surface area contributed by atoms with E-state index in [1.54, 1.807) is 12.1 Å². The minimum absolute atomic E-state index is 0.347. The van der Waals surface area contributed by atoms with Gasteiger partial charge in [-0.25, -0.2) is 4.79 Å². The number of methoxy groups -OCH3 is 1. The number of esters is 1. The van der Waals surface area contributed by atoms with E-state index < -0.39 is 0 Å². The number of hydrogen-bond donors (Lipinski definition) is 1. The maximum absolute atomic E-state index is 11.1. The standard InChI is InChI=1S/C10H12N2O3/c1-14-10(13)9-4-2-8(3-5-9)6-7-12-15-11/h2-5,7H,6,11H2,1H3/b12-7+. The summed E-state index contributed by atoms with van der Waals surface area (Å²) in [6, 6.07) is 7.01. The van der Waals surface area contributed by atoms with Crippen LogP contribution in [0, 0.1) is 0 Å². The quantitative estimate of drug-likeness (QED) is 0.453. The van der Waals surface area contributed by atoms with Crippen molar-refractivity contribution in [2.45, 2.75) is 6.42 Å². The number of oxime groups is 1. The number of carbonyl (C=O) groups excluding carboxylic acids is 1. The van der Waals surface area contributed by atoms with Gasteiger partial charge in [-0.1, -0.05) is 17.3 Å². The van der Waals surface area contributed by atoms with Crippen molar-refractivity contribution in [3.05, 3.63) is 35.4 Å². The van der Waals surface area contributed by atoms with E-state index in [2.05, 4.69) is 14.8 Å². The fraction of sp³-hybridized carbons (Fsp3) is 0.200. The van der Waals surface area contributed by atoms with Gasteiger partial charge in [0.1, 0.15) is 0 Å². The normalized spacial score (nSPS) is 10.3. The van der Waals surface area contributed by atoms with Gasteiger partial charge in [-0.3, -0.25) is 0 Å². The van der Waals surface area contributed by atoms with Gasteiger partial charge in [0.15, 0.2) is 0 Å². The van der Waals surface area contributed by atoms with E-state index in [9.17, 15) is 4.79 Å². The fourth-order valence-corrected chi connectivity index (χ4v) is 1.08. The Morgan fingerprint density at radius 1 is 1.47 bits per heavy atom. The maximum Gasteiger partial charge on any atom is 0.337 e. The van der Waals surface area contributed by atoms with Crippen LogP contribution in [-0.4, -0.2) is 19.3 Å². The number of nitrogens with zero attached hydrogens (tertiary/aromatic N) is 1. The highest BCUT2D eigenvalue weighted by Gasteiger charge is 2.03. The van der Waals surface area contributed by atoms with Gasteiger partial charge >= 0.3 is 5.97 Å². The van der Waals surface area contributed by atoms with Crippen LogP contribution in [0.3, 0.4) is 0 Å². The summed E-state index contributed by atoms with van der Waals surface area (Å²) in [5.41, 5.74) is 1.52. The summed E-state index contributed by atoms with van der Waals surface area (Å²) < 4.78 is 4.57. The van der Waals surface area contributed by atoms with E-state index in [0.29, 0.717) is 12.0 Å². The summed E-state index contributed by atoms with van der Waals surface area (Å²) in [6.07, 6.45) is 2.13. The molecule has 1 aromatic rings. The smallest absolute Gasteiger partial charge is 0.337 e. The molecule has 80 valence electrons. The number of carbonyl (C=O) groups is 1. The number of ether oxygens (including phenoxy) is 1. The molecule has 5 heteroatoms. The first-order chi connectivity index (χ1) is 7.27. The molecule has 0 bridgehead atoms. The number of nitrogens with two attached hydrogens (primary N) is 1. The Morgan fingerprint density at radius 2 is 2.13 bits per heavy atom. The van der Waals surface area contributed by atoms with E-state index in [1.165, 1.54) is 13.3 Å². The molecule has 0 atom stereocenters. The molecule has 0 aromatic heterocycles. The zero-order valence-electron chi connectivity index (χ0n) is 8.34. The molecule has 0 aliphatic rings. The van der Waals surface area contributed by atoms with E-state index in [1.807, 2.05) is 12.1 Å². The van der Waals surface area contributed by atoms with Crippen LogP contribution in [0.15, 0.2) is 29.4 Å². The first-order valence-electron chi connectivity index (χ1n) is 4.33. The van der Waals surface area contributed by atoms with Gasteiger partial charge in [0.05, 0.1) is 18.9 Å². The van der Waals surface area contributed by atoms with Crippen LogP contribution < -0.4 is 5.90 Å². The van der Waals surface area contributed by atoms with E-state index >= 15 is 0 Å². The molecule has 1 aromatic carbocycles. The Balaban J connectivity index is 2.64. The molecule has 0 amide bonds. The Labute approximate surface area is 87.4 Å². The van der Waals surface area contributed by atoms with Crippen molar-refractivity contribution in [2.75, 3.05) is 7.11 Å². The van der Waals surface area contributed by atoms with Crippen LogP contribution in [-0.2, 0) is 16.1 Å². The van der Waals surface area contributed by atoms with E-state index in [4.69, 9.17) is 5.90 Å². The highest BCUT2D eigenvalue weighted by Crippen LogP contribution is 2.05. The highest BCUT2D eigenvalue weighted by atomic mass is 16.7. The molecule has 0 heterocycles. The SMILES string of the molecule is COC(=O)c1ccc(C/C=N/ON)cc1. The van der Waals surface area contributed by atoms with Crippen LogP contribution in [0.2, 0.25) is 0 Å². The van der Waals surface area contributed by atoms with Gasteiger partial charge in [0, 0.05) is 6.42 Å². The lowest BCUT2D eigenvalue weighted by atomic mass is 10.1. The van der Waals surface area contributed by atoms with E-state index in [-0.39, 0.29) is 5.97 Å². The fourth-order valence-electron chi connectivity index (χ4n) is 1.08. The number of benzene rings is 1. The van der Waals surface area contributed by atoms with E-state index in [0.717, 1.165) is 5.56 Å². The monoisotopic (exact) mass is 208 g/mol. The van der Waals surface area contributed by atoms with Gasteiger partial charge in [0.25, 0.3) is 0 Å². The summed E-state index contributed by atoms with van der Waals surface area (Å²) in [7, 11) is 1.35. The van der Waals surface area contributed by atoms with Crippen LogP contribution in [0.4, 0.5) is 0 Å². The van der Waals surface area contributed by atoms with Gasteiger partial charge < -0.3 is 9.68 Å². The zero-order valence-corrected chi connectivity index (χ0v) is 8.34. The molecule has 15 heavy (non-hydrogen) atoms. The average molecular weight is 208 g/mol. The molecule has 0 aliphatic heterocycles. The Kier molecular flexibility index (Phi) is 4.30. The third-order valence-corrected chi connectivity index (χ3v) is 1.84. The molecule has 5 nitrogen and oxygen atoms in total. The molecule has 0 unspecified atom stereocenters. The van der Waals surface area contributed by atoms with Gasteiger partial charge in [-0.2, -0.15) is 0 Å². The number of hydrogen-bond acceptors (Lipinski definition) is 5. The molecule has 0 saturated carbocycles. The molecule has 0 spiro atoms. The third kappa shape index (κ3) is 3.40. The van der Waals surface area contributed by atoms with Crippen LogP contribution in [0.5, 0.6) is 0 Å². The second-order valence-electron chi connectivity index (χ2n) is 2.79. The third-order valence-electron chi connectivity index (χ3n) is 1.84. The summed E-state index contributed by atoms with van der Waals surface area (Å²) in [5, 5.41) is 3.40. The van der Waals surface area contributed by atoms with Crippen LogP contribution >= 0.6 is 0 Å². The Bertz CT molecular complexity index is 346. The predicted octanol–water partition coefficient (Wildman–Crippen LogP) is 0.892. The zero-order chi connectivity index (χ0) is 11.1. The van der Waals surface area contributed by atoms with Crippen molar-refractivity contribution < 1.29 is 14.5 Å². The number of rotatable bonds is 4. The highest BCUT2D eigenvalue weighted by molar-refractivity contribution is 5.89. The summed E-state index contributed by atoms with van der Waals surface area (Å²) in [6.45, 7) is 0. The molecule has 0 fully saturated rings. The largest absolute Gasteiger partial charge is 0.465 e. The lowest BCUT2D eigenvalue weighted by Crippen LogP contribution is -2.01. The molecule has 0 aliphatic carbocycles. The minimum atomic E-state index is -0.347. The lowest BCUT2D eigenvalue weighted by Gasteiger charge is -2.00. The molecule has 0 radical (unpaired) electrons. The first kappa shape index (κ1) is 11.2. The molecular weight excluding hydrogens is 196 g/mol. The summed E-state index contributed by atoms with van der Waals surface area (Å²) in [4.78, 5) is 15.1. The summed E-state index contributed by atoms with van der Waals surface area (Å²) >= 11 is 0. The van der Waals surface area contributed by atoms with Crippen molar-refractivity contribution in [3.63, 3.8) is 0 Å². The topological polar surface area (TPSA) is 73.9 Å². The van der Waals surface area contributed by atoms with Gasteiger partial charge in [0.2, 0.25) is 0 Å². The second kappa shape index (κ2) is 5.77. The molecular formula is C10H12N2O3. The van der Waals surface area contributed by atoms with Gasteiger partial charge in [-0.15, -0.1) is 5.90 Å². The average Bonchev–Trinajstić information content (AvgIpc) is 2.29. The van der Waals surface area contributed by atoms with Crippen molar-refractivity contribution in [1.82, 2.24) is 0 Å². The van der Waals surface area contributed by atoms with Crippen LogP contribution in [0.25, 0.3) is 0 Å². The lowest BCUT2D eigenvalue weighted by molar-refractivity contribution is 0.0600. The maximum atomic E-state index is 11.1. The van der Waals surface area contributed by atoms with Crippen molar-refractivity contribution in [3.8, 4) is 0 Å². The van der Waals surface area contributed by atoms with Crippen molar-refractivity contribution in [1.29, 1.82) is 0 Å². The Hall–Kier alpha value is -1.88. The van der Waals surface area contributed by atoms with Crippen LogP contribution in [0.1, 0.15) is 15.9 Å². The minimum Gasteiger partial charge on any atom is -0.465 e. The first-order valence-corrected chi connectivity index (χ1v) is 4.33. The molecule has 2 N–H and O–H groups in total. The summed E-state index contributed by atoms with van der Waals surface area (Å²) in [5.74, 6) is 4.37. The second-order valence-corrected chi connectivity index (χ2v) is 2.79. The predicted molar refractivity (Wildman–Crippen MR) is 55.2 cm³/mol.